The van der Waals surface area contributed by atoms with E-state index in [2.05, 4.69) is 6.58 Å². The number of halogens is 2. The van der Waals surface area contributed by atoms with Gasteiger partial charge in [0.2, 0.25) is 0 Å². The van der Waals surface area contributed by atoms with Crippen LogP contribution < -0.4 is 0 Å². The number of nitrogens with zero attached hydrogens (tertiary/aromatic N) is 1. The number of carboxylic acid groups (broad SMARTS) is 1. The molecule has 0 amide bonds. The minimum Gasteiger partial charge on any atom is -0.480 e. The number of rotatable bonds is 6. The van der Waals surface area contributed by atoms with E-state index in [1.54, 1.807) is 17.0 Å². The van der Waals surface area contributed by atoms with Crippen molar-refractivity contribution >= 4 is 17.6 Å². The van der Waals surface area contributed by atoms with E-state index in [-0.39, 0.29) is 6.54 Å². The summed E-state index contributed by atoms with van der Waals surface area (Å²) in [4.78, 5) is 12.3. The molecule has 0 bridgehead atoms. The van der Waals surface area contributed by atoms with Crippen molar-refractivity contribution in [1.82, 2.24) is 4.90 Å². The zero-order valence-electron chi connectivity index (χ0n) is 9.20. The average molecular weight is 258 g/mol. The van der Waals surface area contributed by atoms with Crippen LogP contribution in [0.25, 0.3) is 0 Å². The van der Waals surface area contributed by atoms with E-state index in [9.17, 15) is 9.18 Å². The first-order chi connectivity index (χ1) is 8.01. The van der Waals surface area contributed by atoms with Gasteiger partial charge < -0.3 is 5.11 Å². The summed E-state index contributed by atoms with van der Waals surface area (Å²) in [7, 11) is 0. The number of aliphatic carboxylic acids is 1. The van der Waals surface area contributed by atoms with Gasteiger partial charge in [0.15, 0.2) is 0 Å². The zero-order chi connectivity index (χ0) is 12.8. The molecule has 0 heterocycles. The fourth-order valence-corrected chi connectivity index (χ4v) is 1.76. The molecule has 3 nitrogen and oxygen atoms in total. The van der Waals surface area contributed by atoms with Gasteiger partial charge in [0.1, 0.15) is 5.82 Å². The van der Waals surface area contributed by atoms with Crippen LogP contribution in [0.15, 0.2) is 30.9 Å². The third-order valence-corrected chi connectivity index (χ3v) is 2.29. The smallest absolute Gasteiger partial charge is 0.317 e. The van der Waals surface area contributed by atoms with Crippen molar-refractivity contribution < 1.29 is 14.3 Å². The highest BCUT2D eigenvalue weighted by atomic mass is 35.5. The summed E-state index contributed by atoms with van der Waals surface area (Å²) in [6.45, 7) is 4.16. The Morgan fingerprint density at radius 1 is 1.53 bits per heavy atom. The molecule has 0 spiro atoms. The van der Waals surface area contributed by atoms with E-state index >= 15 is 0 Å². The fraction of sp³-hybridized carbons (Fsp3) is 0.250. The summed E-state index contributed by atoms with van der Waals surface area (Å²) in [6.07, 6.45) is 1.60. The van der Waals surface area contributed by atoms with Crippen LogP contribution in [0, 0.1) is 5.82 Å². The van der Waals surface area contributed by atoms with Crippen molar-refractivity contribution in [3.05, 3.63) is 47.3 Å². The summed E-state index contributed by atoms with van der Waals surface area (Å²) >= 11 is 5.72. The van der Waals surface area contributed by atoms with Crippen molar-refractivity contribution in [2.45, 2.75) is 6.54 Å². The van der Waals surface area contributed by atoms with E-state index in [1.807, 2.05) is 0 Å². The summed E-state index contributed by atoms with van der Waals surface area (Å²) < 4.78 is 13.1. The topological polar surface area (TPSA) is 40.5 Å². The highest BCUT2D eigenvalue weighted by Crippen LogP contribution is 2.15. The van der Waals surface area contributed by atoms with Crippen molar-refractivity contribution in [2.24, 2.45) is 0 Å². The Hall–Kier alpha value is -1.39. The lowest BCUT2D eigenvalue weighted by molar-refractivity contribution is -0.138. The van der Waals surface area contributed by atoms with E-state index in [0.717, 1.165) is 0 Å². The van der Waals surface area contributed by atoms with Gasteiger partial charge in [0.25, 0.3) is 0 Å². The number of hydrogen-bond donors (Lipinski definition) is 1. The lowest BCUT2D eigenvalue weighted by Gasteiger charge is -2.18. The van der Waals surface area contributed by atoms with Crippen LogP contribution in [-0.4, -0.2) is 29.1 Å². The second-order valence-electron chi connectivity index (χ2n) is 3.63. The largest absolute Gasteiger partial charge is 0.480 e. The molecule has 0 unspecified atom stereocenters. The quantitative estimate of drug-likeness (QED) is 0.797. The molecule has 92 valence electrons. The van der Waals surface area contributed by atoms with Gasteiger partial charge in [-0.25, -0.2) is 4.39 Å². The van der Waals surface area contributed by atoms with Crippen LogP contribution in [0.3, 0.4) is 0 Å². The maximum atomic E-state index is 13.1. The molecule has 0 aliphatic heterocycles. The number of carbonyl (C=O) groups is 1. The molecule has 0 radical (unpaired) electrons. The van der Waals surface area contributed by atoms with Gasteiger partial charge in [0, 0.05) is 18.1 Å². The molecule has 1 rings (SSSR count). The van der Waals surface area contributed by atoms with Crippen LogP contribution >= 0.6 is 11.6 Å². The molecule has 1 aromatic carbocycles. The molecule has 1 aromatic rings. The van der Waals surface area contributed by atoms with Crippen LogP contribution in [0.4, 0.5) is 4.39 Å². The van der Waals surface area contributed by atoms with E-state index in [4.69, 9.17) is 16.7 Å². The summed E-state index contributed by atoms with van der Waals surface area (Å²) in [5.41, 5.74) is 0.637. The van der Waals surface area contributed by atoms with Crippen molar-refractivity contribution in [1.29, 1.82) is 0 Å². The van der Waals surface area contributed by atoms with E-state index in [0.29, 0.717) is 23.7 Å². The molecule has 0 saturated heterocycles. The fourth-order valence-electron chi connectivity index (χ4n) is 1.52. The standard InChI is InChI=1S/C12H13ClFNO2/c1-2-3-15(8-12(16)17)7-9-4-10(13)6-11(14)5-9/h2,4-6H,1,3,7-8H2,(H,16,17). The summed E-state index contributed by atoms with van der Waals surface area (Å²) in [5, 5.41) is 9.02. The predicted molar refractivity (Wildman–Crippen MR) is 64.5 cm³/mol. The van der Waals surface area contributed by atoms with Crippen molar-refractivity contribution in [2.75, 3.05) is 13.1 Å². The highest BCUT2D eigenvalue weighted by Gasteiger charge is 2.09. The molecular weight excluding hydrogens is 245 g/mol. The summed E-state index contributed by atoms with van der Waals surface area (Å²) in [6, 6.07) is 4.16. The van der Waals surface area contributed by atoms with Gasteiger partial charge >= 0.3 is 5.97 Å². The molecule has 5 heteroatoms. The number of hydrogen-bond acceptors (Lipinski definition) is 2. The van der Waals surface area contributed by atoms with Gasteiger partial charge in [-0.2, -0.15) is 0 Å². The van der Waals surface area contributed by atoms with Crippen LogP contribution in [0.1, 0.15) is 5.56 Å². The molecule has 0 aliphatic carbocycles. The molecule has 1 N–H and O–H groups in total. The van der Waals surface area contributed by atoms with Crippen LogP contribution in [0.5, 0.6) is 0 Å². The molecular formula is C12H13ClFNO2. The van der Waals surface area contributed by atoms with Gasteiger partial charge in [-0.05, 0) is 23.8 Å². The minimum absolute atomic E-state index is 0.125. The lowest BCUT2D eigenvalue weighted by Crippen LogP contribution is -2.29. The monoisotopic (exact) mass is 257 g/mol. The second-order valence-corrected chi connectivity index (χ2v) is 4.07. The lowest BCUT2D eigenvalue weighted by atomic mass is 10.2. The van der Waals surface area contributed by atoms with E-state index < -0.39 is 11.8 Å². The SMILES string of the molecule is C=CCN(CC(=O)O)Cc1cc(F)cc(Cl)c1. The first-order valence-corrected chi connectivity index (χ1v) is 5.39. The van der Waals surface area contributed by atoms with Gasteiger partial charge in [-0.3, -0.25) is 9.69 Å². The van der Waals surface area contributed by atoms with Gasteiger partial charge in [-0.15, -0.1) is 6.58 Å². The normalized spacial score (nSPS) is 10.5. The first-order valence-electron chi connectivity index (χ1n) is 5.01. The molecule has 0 aliphatic rings. The molecule has 17 heavy (non-hydrogen) atoms. The van der Waals surface area contributed by atoms with Crippen LogP contribution in [-0.2, 0) is 11.3 Å². The molecule has 0 atom stereocenters. The average Bonchev–Trinajstić information content (AvgIpc) is 2.14. The number of carboxylic acids is 1. The third-order valence-electron chi connectivity index (χ3n) is 2.07. The Balaban J connectivity index is 2.77. The van der Waals surface area contributed by atoms with Crippen LogP contribution in [0.2, 0.25) is 5.02 Å². The Morgan fingerprint density at radius 3 is 2.76 bits per heavy atom. The maximum Gasteiger partial charge on any atom is 0.317 e. The predicted octanol–water partition coefficient (Wildman–Crippen LogP) is 2.55. The van der Waals surface area contributed by atoms with Gasteiger partial charge in [-0.1, -0.05) is 17.7 Å². The third kappa shape index (κ3) is 4.97. The Labute approximate surface area is 104 Å². The van der Waals surface area contributed by atoms with Gasteiger partial charge in [0.05, 0.1) is 6.54 Å². The molecule has 0 aromatic heterocycles. The van der Waals surface area contributed by atoms with Crippen molar-refractivity contribution in [3.63, 3.8) is 0 Å². The Morgan fingerprint density at radius 2 is 2.24 bits per heavy atom. The zero-order valence-corrected chi connectivity index (χ0v) is 9.95. The second kappa shape index (κ2) is 6.37. The Kier molecular flexibility index (Phi) is 5.12. The first kappa shape index (κ1) is 13.7. The summed E-state index contributed by atoms with van der Waals surface area (Å²) in [5.74, 6) is -1.37. The van der Waals surface area contributed by atoms with E-state index in [1.165, 1.54) is 12.1 Å². The maximum absolute atomic E-state index is 13.1. The minimum atomic E-state index is -0.936. The number of benzene rings is 1. The highest BCUT2D eigenvalue weighted by molar-refractivity contribution is 6.30. The molecule has 0 fully saturated rings. The molecule has 0 saturated carbocycles. The Bertz CT molecular complexity index is 403. The van der Waals surface area contributed by atoms with Crippen molar-refractivity contribution in [3.8, 4) is 0 Å².